The molecular formula is C31H33N5O6. The van der Waals surface area contributed by atoms with E-state index in [0.29, 0.717) is 80.7 Å². The quantitative estimate of drug-likeness (QED) is 0.245. The summed E-state index contributed by atoms with van der Waals surface area (Å²) in [6, 6.07) is 19.6. The van der Waals surface area contributed by atoms with Gasteiger partial charge in [-0.25, -0.2) is 0 Å². The molecule has 2 saturated heterocycles. The Hall–Kier alpha value is -4.90. The average Bonchev–Trinajstić information content (AvgIpc) is 3.04. The molecule has 0 saturated carbocycles. The topological polar surface area (TPSA) is 117 Å². The molecule has 0 aromatic heterocycles. The standard InChI is InChI=1S/C31H33N5O6/c1-41-27-10-4-24(5-11-27)31(38)35-16-14-33(15-17-35)26-8-6-25(7-9-26)32-30(37)13-3-23-2-12-28(29(22-23)36(39)40)34-18-20-42-21-19-34/h2-13,22H,14-21H2,1H3,(H,32,37)/b13-3+. The van der Waals surface area contributed by atoms with Crippen LogP contribution in [0.3, 0.4) is 0 Å². The third kappa shape index (κ3) is 6.87. The molecule has 0 spiro atoms. The second-order valence-electron chi connectivity index (χ2n) is 9.98. The first-order chi connectivity index (χ1) is 20.4. The molecule has 0 radical (unpaired) electrons. The number of hydrogen-bond donors (Lipinski definition) is 1. The Labute approximate surface area is 244 Å². The highest BCUT2D eigenvalue weighted by Crippen LogP contribution is 2.30. The molecule has 1 N–H and O–H groups in total. The molecule has 2 aliphatic rings. The van der Waals surface area contributed by atoms with Crippen LogP contribution < -0.4 is 19.9 Å². The smallest absolute Gasteiger partial charge is 0.293 e. The van der Waals surface area contributed by atoms with Crippen molar-refractivity contribution in [2.75, 3.05) is 74.7 Å². The molecule has 0 unspecified atom stereocenters. The number of benzene rings is 3. The highest BCUT2D eigenvalue weighted by Gasteiger charge is 2.23. The maximum absolute atomic E-state index is 12.8. The van der Waals surface area contributed by atoms with Crippen molar-refractivity contribution in [3.63, 3.8) is 0 Å². The van der Waals surface area contributed by atoms with Crippen molar-refractivity contribution in [3.8, 4) is 5.75 Å². The van der Waals surface area contributed by atoms with E-state index in [1.165, 1.54) is 12.1 Å². The molecule has 2 fully saturated rings. The van der Waals surface area contributed by atoms with Crippen molar-refractivity contribution in [1.82, 2.24) is 4.90 Å². The third-order valence-electron chi connectivity index (χ3n) is 7.38. The summed E-state index contributed by atoms with van der Waals surface area (Å²) in [5.41, 5.74) is 3.40. The number of anilines is 3. The van der Waals surface area contributed by atoms with Crippen molar-refractivity contribution in [2.45, 2.75) is 0 Å². The number of nitro groups is 1. The normalized spacial score (nSPS) is 15.5. The van der Waals surface area contributed by atoms with Gasteiger partial charge in [-0.2, -0.15) is 0 Å². The summed E-state index contributed by atoms with van der Waals surface area (Å²) in [5.74, 6) is 0.382. The van der Waals surface area contributed by atoms with Crippen LogP contribution in [0, 0.1) is 10.1 Å². The zero-order chi connectivity index (χ0) is 29.5. The molecule has 42 heavy (non-hydrogen) atoms. The number of rotatable bonds is 8. The van der Waals surface area contributed by atoms with Gasteiger partial charge in [0.2, 0.25) is 5.91 Å². The maximum atomic E-state index is 12.8. The fraction of sp³-hybridized carbons (Fsp3) is 0.290. The van der Waals surface area contributed by atoms with E-state index < -0.39 is 4.92 Å². The van der Waals surface area contributed by atoms with E-state index in [4.69, 9.17) is 9.47 Å². The summed E-state index contributed by atoms with van der Waals surface area (Å²) < 4.78 is 10.5. The molecule has 0 aliphatic carbocycles. The number of carbonyl (C=O) groups is 2. The number of morpholine rings is 1. The number of carbonyl (C=O) groups excluding carboxylic acids is 2. The predicted octanol–water partition coefficient (Wildman–Crippen LogP) is 4.05. The van der Waals surface area contributed by atoms with E-state index in [2.05, 4.69) is 10.2 Å². The van der Waals surface area contributed by atoms with E-state index in [-0.39, 0.29) is 17.5 Å². The lowest BCUT2D eigenvalue weighted by atomic mass is 10.1. The monoisotopic (exact) mass is 571 g/mol. The van der Waals surface area contributed by atoms with Crippen LogP contribution in [0.4, 0.5) is 22.7 Å². The third-order valence-corrected chi connectivity index (χ3v) is 7.38. The fourth-order valence-corrected chi connectivity index (χ4v) is 5.06. The van der Waals surface area contributed by atoms with E-state index >= 15 is 0 Å². The molecule has 2 aliphatic heterocycles. The summed E-state index contributed by atoms with van der Waals surface area (Å²) >= 11 is 0. The molecule has 2 amide bonds. The second-order valence-corrected chi connectivity index (χ2v) is 9.98. The SMILES string of the molecule is COc1ccc(C(=O)N2CCN(c3ccc(NC(=O)/C=C/c4ccc(N5CCOCC5)c([N+](=O)[O-])c4)cc3)CC2)cc1. The van der Waals surface area contributed by atoms with Gasteiger partial charge in [0.05, 0.1) is 25.2 Å². The number of nitrogens with zero attached hydrogens (tertiary/aromatic N) is 4. The zero-order valence-corrected chi connectivity index (χ0v) is 23.4. The second kappa shape index (κ2) is 13.2. The van der Waals surface area contributed by atoms with E-state index in [0.717, 1.165) is 5.69 Å². The van der Waals surface area contributed by atoms with Gasteiger partial charge in [-0.1, -0.05) is 6.07 Å². The summed E-state index contributed by atoms with van der Waals surface area (Å²) in [6.45, 7) is 4.88. The minimum atomic E-state index is -0.400. The molecule has 0 atom stereocenters. The lowest BCUT2D eigenvalue weighted by molar-refractivity contribution is -0.384. The molecule has 218 valence electrons. The number of piperazine rings is 1. The van der Waals surface area contributed by atoms with Crippen molar-refractivity contribution in [2.24, 2.45) is 0 Å². The van der Waals surface area contributed by atoms with Crippen molar-refractivity contribution < 1.29 is 24.0 Å². The largest absolute Gasteiger partial charge is 0.497 e. The van der Waals surface area contributed by atoms with Crippen molar-refractivity contribution in [3.05, 3.63) is 94.0 Å². The lowest BCUT2D eigenvalue weighted by Crippen LogP contribution is -2.48. The Morgan fingerprint density at radius 3 is 2.24 bits per heavy atom. The van der Waals surface area contributed by atoms with Gasteiger partial charge in [0.15, 0.2) is 0 Å². The molecule has 3 aromatic rings. The lowest BCUT2D eigenvalue weighted by Gasteiger charge is -2.36. The fourth-order valence-electron chi connectivity index (χ4n) is 5.06. The summed E-state index contributed by atoms with van der Waals surface area (Å²) in [7, 11) is 1.60. The van der Waals surface area contributed by atoms with Gasteiger partial charge in [-0.05, 0) is 66.2 Å². The summed E-state index contributed by atoms with van der Waals surface area (Å²) in [4.78, 5) is 42.7. The Kier molecular flexibility index (Phi) is 8.98. The van der Waals surface area contributed by atoms with Gasteiger partial charge in [-0.3, -0.25) is 19.7 Å². The van der Waals surface area contributed by atoms with Crippen LogP contribution in [-0.2, 0) is 9.53 Å². The van der Waals surface area contributed by atoms with Gasteiger partial charge in [0, 0.05) is 68.3 Å². The summed E-state index contributed by atoms with van der Waals surface area (Å²) in [6.07, 6.45) is 2.92. The van der Waals surface area contributed by atoms with Gasteiger partial charge in [-0.15, -0.1) is 0 Å². The predicted molar refractivity (Wildman–Crippen MR) is 161 cm³/mol. The maximum Gasteiger partial charge on any atom is 0.293 e. The van der Waals surface area contributed by atoms with Gasteiger partial charge in [0.1, 0.15) is 11.4 Å². The van der Waals surface area contributed by atoms with E-state index in [1.807, 2.05) is 34.1 Å². The van der Waals surface area contributed by atoms with Crippen LogP contribution in [0.5, 0.6) is 5.75 Å². The van der Waals surface area contributed by atoms with E-state index in [9.17, 15) is 19.7 Å². The molecular weight excluding hydrogens is 538 g/mol. The first-order valence-electron chi connectivity index (χ1n) is 13.8. The van der Waals surface area contributed by atoms with Crippen molar-refractivity contribution >= 4 is 40.6 Å². The Balaban J connectivity index is 1.13. The molecule has 11 heteroatoms. The van der Waals surface area contributed by atoms with Crippen LogP contribution in [0.15, 0.2) is 72.8 Å². The molecule has 5 rings (SSSR count). The highest BCUT2D eigenvalue weighted by atomic mass is 16.6. The number of hydrogen-bond acceptors (Lipinski definition) is 8. The van der Waals surface area contributed by atoms with Gasteiger partial charge < -0.3 is 29.5 Å². The van der Waals surface area contributed by atoms with Crippen LogP contribution in [-0.4, -0.2) is 81.2 Å². The Morgan fingerprint density at radius 1 is 0.905 bits per heavy atom. The number of nitrogens with one attached hydrogen (secondary N) is 1. The Bertz CT molecular complexity index is 1440. The zero-order valence-electron chi connectivity index (χ0n) is 23.4. The number of amides is 2. The van der Waals surface area contributed by atoms with Crippen molar-refractivity contribution in [1.29, 1.82) is 0 Å². The molecule has 11 nitrogen and oxygen atoms in total. The Morgan fingerprint density at radius 2 is 1.60 bits per heavy atom. The molecule has 3 aromatic carbocycles. The minimum absolute atomic E-state index is 0.000906. The number of methoxy groups -OCH3 is 1. The number of ether oxygens (including phenoxy) is 2. The first kappa shape index (κ1) is 28.6. The van der Waals surface area contributed by atoms with Crippen LogP contribution in [0.2, 0.25) is 0 Å². The summed E-state index contributed by atoms with van der Waals surface area (Å²) in [5, 5.41) is 14.5. The van der Waals surface area contributed by atoms with Gasteiger partial charge >= 0.3 is 0 Å². The van der Waals surface area contributed by atoms with Crippen LogP contribution in [0.1, 0.15) is 15.9 Å². The molecule has 0 bridgehead atoms. The molecule has 2 heterocycles. The van der Waals surface area contributed by atoms with E-state index in [1.54, 1.807) is 49.6 Å². The number of nitro benzene ring substituents is 1. The minimum Gasteiger partial charge on any atom is -0.497 e. The van der Waals surface area contributed by atoms with Crippen LogP contribution in [0.25, 0.3) is 6.08 Å². The highest BCUT2D eigenvalue weighted by molar-refractivity contribution is 6.02. The van der Waals surface area contributed by atoms with Crippen LogP contribution >= 0.6 is 0 Å². The van der Waals surface area contributed by atoms with Gasteiger partial charge in [0.25, 0.3) is 11.6 Å². The first-order valence-corrected chi connectivity index (χ1v) is 13.8. The average molecular weight is 572 g/mol.